The molecule has 1 aliphatic rings. The van der Waals surface area contributed by atoms with Crippen LogP contribution in [0.5, 0.6) is 5.75 Å². The van der Waals surface area contributed by atoms with Crippen LogP contribution in [0.25, 0.3) is 6.08 Å². The molecule has 1 N–H and O–H groups in total. The van der Waals surface area contributed by atoms with Crippen molar-refractivity contribution < 1.29 is 9.53 Å². The van der Waals surface area contributed by atoms with Crippen LogP contribution in [0.1, 0.15) is 43.2 Å². The fourth-order valence-corrected chi connectivity index (χ4v) is 3.08. The molecule has 0 saturated heterocycles. The average Bonchev–Trinajstić information content (AvgIpc) is 2.67. The molecular weight excluding hydrogens is 310 g/mol. The van der Waals surface area contributed by atoms with Gasteiger partial charge < -0.3 is 10.1 Å². The molecule has 0 radical (unpaired) electrons. The Morgan fingerprint density at radius 1 is 1.00 bits per heavy atom. The number of ether oxygens (including phenoxy) is 1. The van der Waals surface area contributed by atoms with E-state index in [0.717, 1.165) is 29.7 Å². The van der Waals surface area contributed by atoms with Gasteiger partial charge in [-0.15, -0.1) is 0 Å². The minimum absolute atomic E-state index is 0.00342. The highest BCUT2D eigenvalue weighted by Gasteiger charge is 2.13. The summed E-state index contributed by atoms with van der Waals surface area (Å²) >= 11 is 0. The van der Waals surface area contributed by atoms with E-state index in [1.807, 2.05) is 60.7 Å². The lowest BCUT2D eigenvalue weighted by atomic mass is 9.95. The Kier molecular flexibility index (Phi) is 6.27. The summed E-state index contributed by atoms with van der Waals surface area (Å²) < 4.78 is 5.77. The molecule has 130 valence electrons. The van der Waals surface area contributed by atoms with Crippen molar-refractivity contribution in [2.75, 3.05) is 0 Å². The van der Waals surface area contributed by atoms with Gasteiger partial charge in [-0.25, -0.2) is 0 Å². The fraction of sp³-hybridized carbons (Fsp3) is 0.318. The molecule has 0 aromatic heterocycles. The van der Waals surface area contributed by atoms with Crippen LogP contribution in [-0.2, 0) is 11.4 Å². The molecule has 1 amide bonds. The first-order chi connectivity index (χ1) is 12.3. The maximum absolute atomic E-state index is 12.0. The van der Waals surface area contributed by atoms with Gasteiger partial charge in [0.25, 0.3) is 0 Å². The normalized spacial score (nSPS) is 15.2. The number of benzene rings is 2. The number of rotatable bonds is 6. The molecular formula is C22H25NO2. The summed E-state index contributed by atoms with van der Waals surface area (Å²) in [6, 6.07) is 18.2. The standard InChI is InChI=1S/C22H25NO2/c24-22(23-20-9-5-2-6-10-20)16-13-18-11-14-21(15-12-18)25-17-19-7-3-1-4-8-19/h1,3-4,7-8,11-16,20H,2,5-6,9-10,17H2,(H,23,24)/b16-13+. The molecule has 3 nitrogen and oxygen atoms in total. The molecule has 2 aromatic rings. The summed E-state index contributed by atoms with van der Waals surface area (Å²) in [6.45, 7) is 0.555. The summed E-state index contributed by atoms with van der Waals surface area (Å²) in [5, 5.41) is 3.09. The number of carbonyl (C=O) groups is 1. The van der Waals surface area contributed by atoms with Crippen molar-refractivity contribution in [1.29, 1.82) is 0 Å². The highest BCUT2D eigenvalue weighted by Crippen LogP contribution is 2.18. The van der Waals surface area contributed by atoms with E-state index in [-0.39, 0.29) is 5.91 Å². The highest BCUT2D eigenvalue weighted by atomic mass is 16.5. The molecule has 3 rings (SSSR count). The first-order valence-corrected chi connectivity index (χ1v) is 9.05. The monoisotopic (exact) mass is 335 g/mol. The molecule has 0 spiro atoms. The zero-order valence-electron chi connectivity index (χ0n) is 14.5. The van der Waals surface area contributed by atoms with E-state index in [2.05, 4.69) is 5.32 Å². The van der Waals surface area contributed by atoms with E-state index < -0.39 is 0 Å². The first-order valence-electron chi connectivity index (χ1n) is 9.05. The van der Waals surface area contributed by atoms with Gasteiger partial charge in [0, 0.05) is 12.1 Å². The first kappa shape index (κ1) is 17.3. The van der Waals surface area contributed by atoms with E-state index >= 15 is 0 Å². The van der Waals surface area contributed by atoms with Crippen LogP contribution in [-0.4, -0.2) is 11.9 Å². The molecule has 2 aromatic carbocycles. The summed E-state index contributed by atoms with van der Waals surface area (Å²) in [4.78, 5) is 12.0. The Labute approximate surface area is 149 Å². The van der Waals surface area contributed by atoms with Gasteiger partial charge in [-0.1, -0.05) is 61.7 Å². The SMILES string of the molecule is O=C(/C=C/c1ccc(OCc2ccccc2)cc1)NC1CCCCC1. The molecule has 0 atom stereocenters. The van der Waals surface area contributed by atoms with E-state index in [4.69, 9.17) is 4.74 Å². The number of amides is 1. The summed E-state index contributed by atoms with van der Waals surface area (Å²) in [5.41, 5.74) is 2.14. The molecule has 0 heterocycles. The van der Waals surface area contributed by atoms with Gasteiger partial charge in [-0.2, -0.15) is 0 Å². The number of carbonyl (C=O) groups excluding carboxylic acids is 1. The average molecular weight is 335 g/mol. The van der Waals surface area contributed by atoms with Crippen LogP contribution in [0.15, 0.2) is 60.7 Å². The predicted octanol–water partition coefficient (Wildman–Crippen LogP) is 4.73. The van der Waals surface area contributed by atoms with E-state index in [1.54, 1.807) is 6.08 Å². The van der Waals surface area contributed by atoms with Crippen molar-refractivity contribution in [2.45, 2.75) is 44.8 Å². The number of hydrogen-bond acceptors (Lipinski definition) is 2. The Morgan fingerprint density at radius 3 is 2.44 bits per heavy atom. The van der Waals surface area contributed by atoms with Crippen molar-refractivity contribution in [3.8, 4) is 5.75 Å². The smallest absolute Gasteiger partial charge is 0.244 e. The molecule has 3 heteroatoms. The van der Waals surface area contributed by atoms with Gasteiger partial charge in [-0.05, 0) is 42.2 Å². The number of nitrogens with one attached hydrogen (secondary N) is 1. The number of hydrogen-bond donors (Lipinski definition) is 1. The van der Waals surface area contributed by atoms with Crippen LogP contribution in [0.3, 0.4) is 0 Å². The molecule has 0 unspecified atom stereocenters. The third kappa shape index (κ3) is 5.79. The van der Waals surface area contributed by atoms with Crippen LogP contribution in [0.2, 0.25) is 0 Å². The second kappa shape index (κ2) is 9.07. The van der Waals surface area contributed by atoms with Gasteiger partial charge >= 0.3 is 0 Å². The largest absolute Gasteiger partial charge is 0.489 e. The van der Waals surface area contributed by atoms with Gasteiger partial charge in [0.2, 0.25) is 5.91 Å². The van der Waals surface area contributed by atoms with Crippen molar-refractivity contribution in [1.82, 2.24) is 5.32 Å². The Balaban J connectivity index is 1.47. The van der Waals surface area contributed by atoms with Gasteiger partial charge in [0.1, 0.15) is 12.4 Å². The molecule has 1 saturated carbocycles. The summed E-state index contributed by atoms with van der Waals surface area (Å²) in [5.74, 6) is 0.823. The van der Waals surface area contributed by atoms with Crippen LogP contribution in [0.4, 0.5) is 0 Å². The van der Waals surface area contributed by atoms with Crippen molar-refractivity contribution >= 4 is 12.0 Å². The summed E-state index contributed by atoms with van der Waals surface area (Å²) in [6.07, 6.45) is 9.41. The second-order valence-corrected chi connectivity index (χ2v) is 6.52. The Morgan fingerprint density at radius 2 is 1.72 bits per heavy atom. The molecule has 25 heavy (non-hydrogen) atoms. The molecule has 1 aliphatic carbocycles. The Hall–Kier alpha value is -2.55. The second-order valence-electron chi connectivity index (χ2n) is 6.52. The fourth-order valence-electron chi connectivity index (χ4n) is 3.08. The van der Waals surface area contributed by atoms with Crippen molar-refractivity contribution in [3.05, 3.63) is 71.8 Å². The molecule has 0 aliphatic heterocycles. The van der Waals surface area contributed by atoms with E-state index in [0.29, 0.717) is 12.6 Å². The predicted molar refractivity (Wildman–Crippen MR) is 101 cm³/mol. The van der Waals surface area contributed by atoms with Gasteiger partial charge in [-0.3, -0.25) is 4.79 Å². The maximum atomic E-state index is 12.0. The zero-order valence-corrected chi connectivity index (χ0v) is 14.5. The van der Waals surface area contributed by atoms with Crippen molar-refractivity contribution in [2.24, 2.45) is 0 Å². The molecule has 1 fully saturated rings. The van der Waals surface area contributed by atoms with Gasteiger partial charge in [0.15, 0.2) is 0 Å². The lowest BCUT2D eigenvalue weighted by molar-refractivity contribution is -0.117. The zero-order chi connectivity index (χ0) is 17.3. The lowest BCUT2D eigenvalue weighted by Crippen LogP contribution is -2.34. The third-order valence-electron chi connectivity index (χ3n) is 4.51. The minimum Gasteiger partial charge on any atom is -0.489 e. The summed E-state index contributed by atoms with van der Waals surface area (Å²) in [7, 11) is 0. The van der Waals surface area contributed by atoms with E-state index in [1.165, 1.54) is 19.3 Å². The molecule has 0 bridgehead atoms. The maximum Gasteiger partial charge on any atom is 0.244 e. The van der Waals surface area contributed by atoms with Gasteiger partial charge in [0.05, 0.1) is 0 Å². The highest BCUT2D eigenvalue weighted by molar-refractivity contribution is 5.91. The lowest BCUT2D eigenvalue weighted by Gasteiger charge is -2.21. The topological polar surface area (TPSA) is 38.3 Å². The Bertz CT molecular complexity index is 686. The third-order valence-corrected chi connectivity index (χ3v) is 4.51. The van der Waals surface area contributed by atoms with E-state index in [9.17, 15) is 4.79 Å². The van der Waals surface area contributed by atoms with Crippen molar-refractivity contribution in [3.63, 3.8) is 0 Å². The van der Waals surface area contributed by atoms with Crippen LogP contribution in [0, 0.1) is 0 Å². The quantitative estimate of drug-likeness (QED) is 0.775. The van der Waals surface area contributed by atoms with Crippen LogP contribution >= 0.6 is 0 Å². The minimum atomic E-state index is -0.00342. The van der Waals surface area contributed by atoms with Crippen LogP contribution < -0.4 is 10.1 Å².